The fourth-order valence-corrected chi connectivity index (χ4v) is 2.90. The van der Waals surface area contributed by atoms with Crippen LogP contribution in [0.25, 0.3) is 5.69 Å². The number of hydrogen-bond acceptors (Lipinski definition) is 2. The van der Waals surface area contributed by atoms with Crippen molar-refractivity contribution in [1.82, 2.24) is 15.1 Å². The molecule has 0 aliphatic carbocycles. The first-order chi connectivity index (χ1) is 11.8. The molecule has 2 N–H and O–H groups in total. The van der Waals surface area contributed by atoms with Crippen LogP contribution in [0, 0.1) is 0 Å². The van der Waals surface area contributed by atoms with Crippen molar-refractivity contribution in [2.75, 3.05) is 27.2 Å². The lowest BCUT2D eigenvalue weighted by Gasteiger charge is -2.14. The Bertz CT molecular complexity index is 702. The topological polar surface area (TPSA) is 51.4 Å². The summed E-state index contributed by atoms with van der Waals surface area (Å²) in [6, 6.07) is 10.0. The molecule has 0 saturated carbocycles. The zero-order chi connectivity index (χ0) is 18.6. The van der Waals surface area contributed by atoms with Gasteiger partial charge in [-0.25, -0.2) is 4.68 Å². The number of quaternary nitrogens is 1. The molecule has 2 aromatic rings. The molecule has 5 heteroatoms. The maximum atomic E-state index is 12.9. The van der Waals surface area contributed by atoms with E-state index in [1.54, 1.807) is 0 Å². The van der Waals surface area contributed by atoms with E-state index in [4.69, 9.17) is 5.10 Å². The Kier molecular flexibility index (Phi) is 6.37. The van der Waals surface area contributed by atoms with Gasteiger partial charge < -0.3 is 10.2 Å². The van der Waals surface area contributed by atoms with Crippen molar-refractivity contribution >= 4 is 5.91 Å². The molecule has 5 nitrogen and oxygen atoms in total. The maximum absolute atomic E-state index is 12.9. The van der Waals surface area contributed by atoms with Gasteiger partial charge in [0, 0.05) is 0 Å². The molecule has 1 aromatic carbocycles. The van der Waals surface area contributed by atoms with Crippen LogP contribution in [0.2, 0.25) is 0 Å². The number of aromatic nitrogens is 2. The van der Waals surface area contributed by atoms with Crippen LogP contribution >= 0.6 is 0 Å². The summed E-state index contributed by atoms with van der Waals surface area (Å²) in [6.45, 7) is 9.95. The van der Waals surface area contributed by atoms with E-state index in [1.165, 1.54) is 4.90 Å². The molecule has 0 aliphatic heterocycles. The van der Waals surface area contributed by atoms with Gasteiger partial charge in [0.2, 0.25) is 0 Å². The van der Waals surface area contributed by atoms with Crippen molar-refractivity contribution in [1.29, 1.82) is 0 Å². The lowest BCUT2D eigenvalue weighted by Crippen LogP contribution is -3.06. The largest absolute Gasteiger partial charge is 0.346 e. The van der Waals surface area contributed by atoms with E-state index in [2.05, 4.69) is 47.1 Å². The normalized spacial score (nSPS) is 11.6. The lowest BCUT2D eigenvalue weighted by atomic mass is 9.98. The molecule has 1 aromatic heterocycles. The summed E-state index contributed by atoms with van der Waals surface area (Å²) in [4.78, 5) is 14.3. The van der Waals surface area contributed by atoms with E-state index < -0.39 is 0 Å². The second kappa shape index (κ2) is 8.30. The van der Waals surface area contributed by atoms with Crippen molar-refractivity contribution in [3.63, 3.8) is 0 Å². The molecule has 0 bridgehead atoms. The average Bonchev–Trinajstić information content (AvgIpc) is 2.96. The van der Waals surface area contributed by atoms with E-state index in [-0.39, 0.29) is 17.7 Å². The highest BCUT2D eigenvalue weighted by molar-refractivity contribution is 5.97. The molecule has 0 unspecified atom stereocenters. The smallest absolute Gasteiger partial charge is 0.255 e. The number of carbonyl (C=O) groups excluding carboxylic acids is 1. The number of carbonyl (C=O) groups is 1. The molecule has 0 spiro atoms. The second-order valence-electron chi connectivity index (χ2n) is 7.42. The first-order valence-corrected chi connectivity index (χ1v) is 9.08. The van der Waals surface area contributed by atoms with Crippen LogP contribution in [-0.2, 0) is 0 Å². The minimum absolute atomic E-state index is 0.0177. The van der Waals surface area contributed by atoms with Gasteiger partial charge in [0.25, 0.3) is 5.91 Å². The molecule has 2 rings (SSSR count). The molecule has 25 heavy (non-hydrogen) atoms. The van der Waals surface area contributed by atoms with Crippen LogP contribution < -0.4 is 10.2 Å². The van der Waals surface area contributed by atoms with Gasteiger partial charge in [0.05, 0.1) is 49.8 Å². The Morgan fingerprint density at radius 2 is 1.76 bits per heavy atom. The van der Waals surface area contributed by atoms with Crippen molar-refractivity contribution in [2.24, 2.45) is 0 Å². The molecule has 1 amide bonds. The molecule has 1 heterocycles. The number of benzene rings is 1. The highest BCUT2D eigenvalue weighted by Crippen LogP contribution is 2.29. The zero-order valence-corrected chi connectivity index (χ0v) is 16.3. The van der Waals surface area contributed by atoms with Gasteiger partial charge in [-0.15, -0.1) is 0 Å². The Labute approximate surface area is 151 Å². The minimum Gasteiger partial charge on any atom is -0.346 e. The fraction of sp³-hybridized carbons (Fsp3) is 0.500. The molecular weight excluding hydrogens is 312 g/mol. The van der Waals surface area contributed by atoms with E-state index in [0.29, 0.717) is 6.54 Å². The van der Waals surface area contributed by atoms with E-state index >= 15 is 0 Å². The first-order valence-electron chi connectivity index (χ1n) is 9.08. The highest BCUT2D eigenvalue weighted by atomic mass is 16.1. The molecule has 0 radical (unpaired) electrons. The third kappa shape index (κ3) is 4.48. The lowest BCUT2D eigenvalue weighted by molar-refractivity contribution is -0.856. The summed E-state index contributed by atoms with van der Waals surface area (Å²) in [5.41, 5.74) is 3.57. The third-order valence-corrected chi connectivity index (χ3v) is 4.18. The number of nitrogens with one attached hydrogen (secondary N) is 2. The average molecular weight is 343 g/mol. The number of rotatable bonds is 7. The van der Waals surface area contributed by atoms with Crippen LogP contribution in [0.4, 0.5) is 0 Å². The van der Waals surface area contributed by atoms with Gasteiger partial charge in [-0.3, -0.25) is 4.79 Å². The van der Waals surface area contributed by atoms with Crippen molar-refractivity contribution in [3.8, 4) is 5.69 Å². The van der Waals surface area contributed by atoms with Crippen LogP contribution in [0.1, 0.15) is 61.3 Å². The maximum Gasteiger partial charge on any atom is 0.255 e. The van der Waals surface area contributed by atoms with Gasteiger partial charge in [-0.05, 0) is 24.0 Å². The summed E-state index contributed by atoms with van der Waals surface area (Å²) in [6.07, 6.45) is 0. The molecule has 0 atom stereocenters. The number of para-hydroxylation sites is 1. The van der Waals surface area contributed by atoms with E-state index in [9.17, 15) is 4.79 Å². The number of amides is 1. The van der Waals surface area contributed by atoms with Gasteiger partial charge in [0.1, 0.15) is 0 Å². The molecule has 0 fully saturated rings. The van der Waals surface area contributed by atoms with E-state index in [1.807, 2.05) is 35.0 Å². The Hall–Kier alpha value is -2.14. The number of hydrogen-bond donors (Lipinski definition) is 2. The minimum atomic E-state index is -0.0177. The summed E-state index contributed by atoms with van der Waals surface area (Å²) in [7, 11) is 4.16. The quantitative estimate of drug-likeness (QED) is 0.808. The summed E-state index contributed by atoms with van der Waals surface area (Å²) >= 11 is 0. The van der Waals surface area contributed by atoms with Gasteiger partial charge in [0.15, 0.2) is 0 Å². The Balaban J connectivity index is 2.49. The first kappa shape index (κ1) is 19.2. The summed E-state index contributed by atoms with van der Waals surface area (Å²) in [5.74, 6) is 0.360. The summed E-state index contributed by atoms with van der Waals surface area (Å²) in [5, 5.41) is 7.89. The second-order valence-corrected chi connectivity index (χ2v) is 7.42. The van der Waals surface area contributed by atoms with Crippen molar-refractivity contribution in [3.05, 3.63) is 47.3 Å². The van der Waals surface area contributed by atoms with Gasteiger partial charge >= 0.3 is 0 Å². The molecule has 0 saturated heterocycles. The third-order valence-electron chi connectivity index (χ3n) is 4.18. The number of likely N-dealkylation sites (N-methyl/N-ethyl adjacent to an activating group) is 1. The molecule has 136 valence electrons. The molecule has 0 aliphatic rings. The van der Waals surface area contributed by atoms with Gasteiger partial charge in [-0.2, -0.15) is 5.10 Å². The Morgan fingerprint density at radius 3 is 2.28 bits per heavy atom. The SMILES string of the molecule is CC(C)c1nn(-c2ccccc2)c(C(C)C)c1C(=O)NCC[NH+](C)C. The predicted molar refractivity (Wildman–Crippen MR) is 102 cm³/mol. The van der Waals surface area contributed by atoms with Crippen molar-refractivity contribution < 1.29 is 9.69 Å². The monoisotopic (exact) mass is 343 g/mol. The highest BCUT2D eigenvalue weighted by Gasteiger charge is 2.27. The predicted octanol–water partition coefficient (Wildman–Crippen LogP) is 1.99. The van der Waals surface area contributed by atoms with Crippen LogP contribution in [-0.4, -0.2) is 42.9 Å². The fourth-order valence-electron chi connectivity index (χ4n) is 2.90. The van der Waals surface area contributed by atoms with Gasteiger partial charge in [-0.1, -0.05) is 45.9 Å². The van der Waals surface area contributed by atoms with E-state index in [0.717, 1.165) is 29.2 Å². The van der Waals surface area contributed by atoms with Crippen LogP contribution in [0.15, 0.2) is 30.3 Å². The zero-order valence-electron chi connectivity index (χ0n) is 16.3. The van der Waals surface area contributed by atoms with Crippen LogP contribution in [0.5, 0.6) is 0 Å². The Morgan fingerprint density at radius 1 is 1.12 bits per heavy atom. The standard InChI is InChI=1S/C20H30N4O/c1-14(2)18-17(20(25)21-12-13-23(5)6)19(15(3)4)24(22-18)16-10-8-7-9-11-16/h7-11,14-15H,12-13H2,1-6H3,(H,21,25)/p+1. The van der Waals surface area contributed by atoms with Crippen LogP contribution in [0.3, 0.4) is 0 Å². The molecular formula is C20H31N4O+. The van der Waals surface area contributed by atoms with Crippen molar-refractivity contribution in [2.45, 2.75) is 39.5 Å². The number of nitrogens with zero attached hydrogens (tertiary/aromatic N) is 2. The summed E-state index contributed by atoms with van der Waals surface area (Å²) < 4.78 is 1.94.